The predicted molar refractivity (Wildman–Crippen MR) is 70.6 cm³/mol. The minimum Gasteiger partial charge on any atom is -0.506 e. The molecule has 0 unspecified atom stereocenters. The molecular weight excluding hydrogens is 250 g/mol. The first-order chi connectivity index (χ1) is 8.66. The van der Waals surface area contributed by atoms with E-state index < -0.39 is 0 Å². The molecule has 0 radical (unpaired) electrons. The van der Waals surface area contributed by atoms with Crippen molar-refractivity contribution in [1.29, 1.82) is 0 Å². The number of aryl methyl sites for hydroxylation is 1. The maximum atomic E-state index is 9.43. The van der Waals surface area contributed by atoms with Crippen molar-refractivity contribution in [3.63, 3.8) is 0 Å². The van der Waals surface area contributed by atoms with Crippen LogP contribution in [0, 0.1) is 0 Å². The smallest absolute Gasteiger partial charge is 0.178 e. The predicted octanol–water partition coefficient (Wildman–Crippen LogP) is 2.99. The number of benzene rings is 1. The zero-order valence-corrected chi connectivity index (χ0v) is 10.4. The maximum Gasteiger partial charge on any atom is 0.178 e. The van der Waals surface area contributed by atoms with Crippen LogP contribution in [-0.2, 0) is 7.05 Å². The van der Waals surface area contributed by atoms with Crippen LogP contribution in [0.25, 0.3) is 22.6 Å². The molecular formula is C13H10ClN3O. The van der Waals surface area contributed by atoms with E-state index in [1.165, 1.54) is 0 Å². The molecule has 0 amide bonds. The van der Waals surface area contributed by atoms with Gasteiger partial charge in [-0.05, 0) is 30.3 Å². The quantitative estimate of drug-likeness (QED) is 0.731. The fraction of sp³-hybridized carbons (Fsp3) is 0.0769. The average molecular weight is 260 g/mol. The lowest BCUT2D eigenvalue weighted by atomic mass is 10.2. The van der Waals surface area contributed by atoms with Crippen LogP contribution in [-0.4, -0.2) is 19.6 Å². The van der Waals surface area contributed by atoms with Crippen molar-refractivity contribution in [1.82, 2.24) is 14.5 Å². The Bertz CT molecular complexity index is 736. The minimum atomic E-state index is 0.0669. The number of aromatic hydroxyl groups is 1. The van der Waals surface area contributed by atoms with Gasteiger partial charge >= 0.3 is 0 Å². The van der Waals surface area contributed by atoms with E-state index in [0.717, 1.165) is 16.9 Å². The number of nitrogens with zero attached hydrogens (tertiary/aromatic N) is 3. The molecule has 2 aromatic heterocycles. The van der Waals surface area contributed by atoms with Gasteiger partial charge in [0.25, 0.3) is 0 Å². The number of phenolic OH excluding ortho intramolecular Hbond substituents is 1. The molecule has 0 spiro atoms. The Hall–Kier alpha value is -2.07. The van der Waals surface area contributed by atoms with E-state index in [1.807, 2.05) is 23.7 Å². The summed E-state index contributed by atoms with van der Waals surface area (Å²) in [6.45, 7) is 0. The topological polar surface area (TPSA) is 50.9 Å². The summed E-state index contributed by atoms with van der Waals surface area (Å²) in [5.74, 6) is 0.836. The molecule has 90 valence electrons. The molecule has 4 nitrogen and oxygen atoms in total. The van der Waals surface area contributed by atoms with Crippen LogP contribution in [0.5, 0.6) is 5.75 Å². The third-order valence-corrected chi connectivity index (χ3v) is 3.17. The Morgan fingerprint density at radius 2 is 2.11 bits per heavy atom. The molecule has 0 atom stereocenters. The van der Waals surface area contributed by atoms with Gasteiger partial charge in [0, 0.05) is 18.8 Å². The molecule has 0 aliphatic rings. The van der Waals surface area contributed by atoms with E-state index in [9.17, 15) is 5.11 Å². The molecule has 0 bridgehead atoms. The lowest BCUT2D eigenvalue weighted by Crippen LogP contribution is -1.92. The second kappa shape index (κ2) is 3.99. The number of halogens is 1. The van der Waals surface area contributed by atoms with Crippen LogP contribution < -0.4 is 0 Å². The molecule has 18 heavy (non-hydrogen) atoms. The maximum absolute atomic E-state index is 9.43. The molecule has 0 fully saturated rings. The van der Waals surface area contributed by atoms with Crippen molar-refractivity contribution >= 4 is 22.8 Å². The van der Waals surface area contributed by atoms with Gasteiger partial charge in [-0.3, -0.25) is 0 Å². The summed E-state index contributed by atoms with van der Waals surface area (Å²) < 4.78 is 1.95. The second-order valence-corrected chi connectivity index (χ2v) is 4.41. The molecule has 0 saturated heterocycles. The zero-order chi connectivity index (χ0) is 12.7. The summed E-state index contributed by atoms with van der Waals surface area (Å²) in [6.07, 6.45) is 1.71. The molecule has 1 aromatic carbocycles. The largest absolute Gasteiger partial charge is 0.506 e. The van der Waals surface area contributed by atoms with E-state index in [0.29, 0.717) is 10.7 Å². The fourth-order valence-electron chi connectivity index (χ4n) is 1.93. The number of aromatic nitrogens is 3. The Labute approximate surface area is 108 Å². The van der Waals surface area contributed by atoms with Gasteiger partial charge in [0.1, 0.15) is 11.6 Å². The van der Waals surface area contributed by atoms with E-state index in [-0.39, 0.29) is 5.75 Å². The standard InChI is InChI=1S/C13H10ClN3O/c1-17-10-3-2-6-15-12(10)16-13(17)8-4-5-11(18)9(14)7-8/h2-7,18H,1H3. The number of hydrogen-bond acceptors (Lipinski definition) is 3. The van der Waals surface area contributed by atoms with Crippen molar-refractivity contribution < 1.29 is 5.11 Å². The number of imidazole rings is 1. The normalized spacial score (nSPS) is 11.0. The third kappa shape index (κ3) is 1.62. The number of pyridine rings is 1. The molecule has 3 aromatic rings. The lowest BCUT2D eigenvalue weighted by Gasteiger charge is -2.03. The highest BCUT2D eigenvalue weighted by Crippen LogP contribution is 2.29. The first kappa shape index (κ1) is 11.0. The molecule has 0 aliphatic carbocycles. The van der Waals surface area contributed by atoms with Gasteiger partial charge in [0.05, 0.1) is 10.5 Å². The van der Waals surface area contributed by atoms with Gasteiger partial charge in [0.2, 0.25) is 0 Å². The minimum absolute atomic E-state index is 0.0669. The van der Waals surface area contributed by atoms with E-state index in [2.05, 4.69) is 9.97 Å². The summed E-state index contributed by atoms with van der Waals surface area (Å²) >= 11 is 5.91. The Balaban J connectivity index is 2.25. The van der Waals surface area contributed by atoms with Gasteiger partial charge in [0.15, 0.2) is 5.65 Å². The highest BCUT2D eigenvalue weighted by atomic mass is 35.5. The second-order valence-electron chi connectivity index (χ2n) is 4.01. The highest BCUT2D eigenvalue weighted by molar-refractivity contribution is 6.32. The molecule has 5 heteroatoms. The van der Waals surface area contributed by atoms with E-state index >= 15 is 0 Å². The summed E-state index contributed by atoms with van der Waals surface area (Å²) in [5, 5.41) is 9.74. The first-order valence-electron chi connectivity index (χ1n) is 5.43. The summed E-state index contributed by atoms with van der Waals surface area (Å²) in [7, 11) is 1.92. The zero-order valence-electron chi connectivity index (χ0n) is 9.63. The molecule has 0 saturated carbocycles. The van der Waals surface area contributed by atoms with Gasteiger partial charge in [-0.1, -0.05) is 11.6 Å². The molecule has 1 N–H and O–H groups in total. The average Bonchev–Trinajstić information content (AvgIpc) is 2.71. The lowest BCUT2D eigenvalue weighted by molar-refractivity contribution is 0.475. The van der Waals surface area contributed by atoms with Crippen molar-refractivity contribution in [2.75, 3.05) is 0 Å². The van der Waals surface area contributed by atoms with E-state index in [4.69, 9.17) is 11.6 Å². The van der Waals surface area contributed by atoms with Crippen LogP contribution >= 0.6 is 11.6 Å². The summed E-state index contributed by atoms with van der Waals surface area (Å²) in [5.41, 5.74) is 2.49. The summed E-state index contributed by atoms with van der Waals surface area (Å²) in [6, 6.07) is 8.86. The fourth-order valence-corrected chi connectivity index (χ4v) is 2.11. The Morgan fingerprint density at radius 1 is 1.28 bits per heavy atom. The first-order valence-corrected chi connectivity index (χ1v) is 5.81. The molecule has 0 aliphatic heterocycles. The number of phenols is 1. The molecule has 3 rings (SSSR count). The van der Waals surface area contributed by atoms with Crippen LogP contribution in [0.3, 0.4) is 0 Å². The van der Waals surface area contributed by atoms with Gasteiger partial charge < -0.3 is 9.67 Å². The van der Waals surface area contributed by atoms with Gasteiger partial charge in [-0.25, -0.2) is 9.97 Å². The van der Waals surface area contributed by atoms with Crippen molar-refractivity contribution in [3.8, 4) is 17.1 Å². The van der Waals surface area contributed by atoms with Crippen LogP contribution in [0.4, 0.5) is 0 Å². The van der Waals surface area contributed by atoms with Crippen molar-refractivity contribution in [2.24, 2.45) is 7.05 Å². The van der Waals surface area contributed by atoms with Crippen LogP contribution in [0.15, 0.2) is 36.5 Å². The van der Waals surface area contributed by atoms with E-state index in [1.54, 1.807) is 24.4 Å². The Kier molecular flexibility index (Phi) is 2.45. The Morgan fingerprint density at radius 3 is 2.83 bits per heavy atom. The van der Waals surface area contributed by atoms with Crippen LogP contribution in [0.2, 0.25) is 5.02 Å². The van der Waals surface area contributed by atoms with Crippen molar-refractivity contribution in [2.45, 2.75) is 0 Å². The number of hydrogen-bond donors (Lipinski definition) is 1. The highest BCUT2D eigenvalue weighted by Gasteiger charge is 2.11. The number of fused-ring (bicyclic) bond motifs is 1. The van der Waals surface area contributed by atoms with Gasteiger partial charge in [-0.15, -0.1) is 0 Å². The van der Waals surface area contributed by atoms with Gasteiger partial charge in [-0.2, -0.15) is 0 Å². The summed E-state index contributed by atoms with van der Waals surface area (Å²) in [4.78, 5) is 8.68. The monoisotopic (exact) mass is 259 g/mol. The van der Waals surface area contributed by atoms with Crippen LogP contribution in [0.1, 0.15) is 0 Å². The molecule has 2 heterocycles. The van der Waals surface area contributed by atoms with Crippen molar-refractivity contribution in [3.05, 3.63) is 41.6 Å². The SMILES string of the molecule is Cn1c(-c2ccc(O)c(Cl)c2)nc2ncccc21. The third-order valence-electron chi connectivity index (χ3n) is 2.86. The number of rotatable bonds is 1.